The second-order valence-electron chi connectivity index (χ2n) is 6.11. The molecule has 0 saturated carbocycles. The molecule has 2 aromatic heterocycles. The number of nitrogens with zero attached hydrogens (tertiary/aromatic N) is 4. The zero-order valence-electron chi connectivity index (χ0n) is 13.4. The van der Waals surface area contributed by atoms with Crippen LogP contribution in [0.3, 0.4) is 0 Å². The largest absolute Gasteiger partial charge is 0.353 e. The first-order chi connectivity index (χ1) is 11.8. The van der Waals surface area contributed by atoms with E-state index < -0.39 is 0 Å². The second-order valence-corrected chi connectivity index (χ2v) is 6.50. The van der Waals surface area contributed by atoms with Crippen molar-refractivity contribution in [3.63, 3.8) is 0 Å². The molecule has 5 heteroatoms. The van der Waals surface area contributed by atoms with E-state index in [4.69, 9.17) is 11.6 Å². The van der Waals surface area contributed by atoms with Crippen molar-refractivity contribution >= 4 is 28.2 Å². The highest BCUT2D eigenvalue weighted by Crippen LogP contribution is 2.28. The lowest BCUT2D eigenvalue weighted by atomic mass is 10.1. The normalized spacial score (nSPS) is 15.8. The number of pyridine rings is 2. The van der Waals surface area contributed by atoms with Crippen LogP contribution in [0.2, 0.25) is 5.15 Å². The topological polar surface area (TPSA) is 32.3 Å². The third kappa shape index (κ3) is 3.21. The Bertz CT molecular complexity index is 829. The molecule has 3 aromatic rings. The second kappa shape index (κ2) is 6.75. The van der Waals surface area contributed by atoms with Crippen LogP contribution in [-0.2, 0) is 6.54 Å². The Morgan fingerprint density at radius 2 is 1.71 bits per heavy atom. The maximum atomic E-state index is 6.22. The number of anilines is 1. The Morgan fingerprint density at radius 1 is 0.958 bits per heavy atom. The molecule has 0 spiro atoms. The lowest BCUT2D eigenvalue weighted by Gasteiger charge is -2.36. The molecule has 1 fully saturated rings. The van der Waals surface area contributed by atoms with Gasteiger partial charge in [0, 0.05) is 50.5 Å². The van der Waals surface area contributed by atoms with Crippen molar-refractivity contribution in [3.8, 4) is 0 Å². The van der Waals surface area contributed by atoms with Crippen LogP contribution in [0.1, 0.15) is 5.56 Å². The van der Waals surface area contributed by atoms with Crippen molar-refractivity contribution in [2.75, 3.05) is 31.1 Å². The third-order valence-electron chi connectivity index (χ3n) is 4.52. The summed E-state index contributed by atoms with van der Waals surface area (Å²) in [6, 6.07) is 14.4. The molecule has 0 amide bonds. The summed E-state index contributed by atoms with van der Waals surface area (Å²) < 4.78 is 0. The van der Waals surface area contributed by atoms with E-state index in [-0.39, 0.29) is 0 Å². The Labute approximate surface area is 146 Å². The van der Waals surface area contributed by atoms with Crippen molar-refractivity contribution in [2.24, 2.45) is 0 Å². The molecular weight excluding hydrogens is 320 g/mol. The van der Waals surface area contributed by atoms with Gasteiger partial charge in [-0.25, -0.2) is 4.98 Å². The maximum Gasteiger partial charge on any atom is 0.138 e. The fraction of sp³-hybridized carbons (Fsp3) is 0.263. The smallest absolute Gasteiger partial charge is 0.138 e. The zero-order valence-corrected chi connectivity index (χ0v) is 14.2. The Kier molecular flexibility index (Phi) is 4.32. The van der Waals surface area contributed by atoms with Gasteiger partial charge in [-0.3, -0.25) is 9.88 Å². The molecule has 1 saturated heterocycles. The van der Waals surface area contributed by atoms with Crippen molar-refractivity contribution in [1.29, 1.82) is 0 Å². The third-order valence-corrected chi connectivity index (χ3v) is 4.71. The maximum absolute atomic E-state index is 6.22. The highest BCUT2D eigenvalue weighted by atomic mass is 35.5. The average molecular weight is 339 g/mol. The minimum atomic E-state index is 0.558. The number of halogens is 1. The zero-order chi connectivity index (χ0) is 16.4. The van der Waals surface area contributed by atoms with Gasteiger partial charge in [0.25, 0.3) is 0 Å². The van der Waals surface area contributed by atoms with Gasteiger partial charge in [0.2, 0.25) is 0 Å². The summed E-state index contributed by atoms with van der Waals surface area (Å²) in [5.74, 6) is 1.00. The molecule has 0 bridgehead atoms. The summed E-state index contributed by atoms with van der Waals surface area (Å²) in [4.78, 5) is 13.5. The summed E-state index contributed by atoms with van der Waals surface area (Å²) in [6.45, 7) is 4.93. The van der Waals surface area contributed by atoms with Gasteiger partial charge in [-0.1, -0.05) is 35.9 Å². The molecule has 4 nitrogen and oxygen atoms in total. The average Bonchev–Trinajstić information content (AvgIpc) is 2.62. The number of hydrogen-bond donors (Lipinski definition) is 0. The molecule has 1 aliphatic rings. The van der Waals surface area contributed by atoms with Crippen molar-refractivity contribution in [3.05, 3.63) is 65.6 Å². The first-order valence-electron chi connectivity index (χ1n) is 8.21. The Balaban J connectivity index is 1.50. The molecule has 0 unspecified atom stereocenters. The lowest BCUT2D eigenvalue weighted by Crippen LogP contribution is -2.46. The molecule has 4 rings (SSSR count). The molecule has 122 valence electrons. The van der Waals surface area contributed by atoms with Gasteiger partial charge in [-0.05, 0) is 29.1 Å². The fourth-order valence-electron chi connectivity index (χ4n) is 3.25. The molecule has 3 heterocycles. The summed E-state index contributed by atoms with van der Waals surface area (Å²) in [7, 11) is 0. The highest BCUT2D eigenvalue weighted by molar-refractivity contribution is 6.30. The van der Waals surface area contributed by atoms with Crippen molar-refractivity contribution in [1.82, 2.24) is 14.9 Å². The van der Waals surface area contributed by atoms with Crippen LogP contribution in [0.15, 0.2) is 54.9 Å². The van der Waals surface area contributed by atoms with Crippen LogP contribution in [0.4, 0.5) is 5.82 Å². The summed E-state index contributed by atoms with van der Waals surface area (Å²) in [5.41, 5.74) is 1.31. The van der Waals surface area contributed by atoms with Gasteiger partial charge in [-0.2, -0.15) is 0 Å². The highest BCUT2D eigenvalue weighted by Gasteiger charge is 2.20. The van der Waals surface area contributed by atoms with Crippen molar-refractivity contribution in [2.45, 2.75) is 6.54 Å². The predicted octanol–water partition coefficient (Wildman–Crippen LogP) is 3.61. The molecule has 24 heavy (non-hydrogen) atoms. The molecule has 1 aromatic carbocycles. The van der Waals surface area contributed by atoms with Gasteiger partial charge in [0.05, 0.1) is 0 Å². The first kappa shape index (κ1) is 15.4. The van der Waals surface area contributed by atoms with E-state index in [1.54, 1.807) is 0 Å². The van der Waals surface area contributed by atoms with E-state index in [1.807, 2.05) is 24.5 Å². The van der Waals surface area contributed by atoms with Gasteiger partial charge < -0.3 is 4.90 Å². The van der Waals surface area contributed by atoms with Gasteiger partial charge >= 0.3 is 0 Å². The molecule has 1 aliphatic heterocycles. The lowest BCUT2D eigenvalue weighted by molar-refractivity contribution is 0.249. The van der Waals surface area contributed by atoms with Crippen molar-refractivity contribution < 1.29 is 0 Å². The van der Waals surface area contributed by atoms with Gasteiger partial charge in [0.1, 0.15) is 11.0 Å². The van der Waals surface area contributed by atoms with E-state index in [1.165, 1.54) is 10.9 Å². The minimum absolute atomic E-state index is 0.558. The van der Waals surface area contributed by atoms with Gasteiger partial charge in [0.15, 0.2) is 0 Å². The van der Waals surface area contributed by atoms with E-state index in [0.29, 0.717) is 5.15 Å². The van der Waals surface area contributed by atoms with Crippen LogP contribution < -0.4 is 4.90 Å². The first-order valence-corrected chi connectivity index (χ1v) is 8.59. The van der Waals surface area contributed by atoms with E-state index in [2.05, 4.69) is 50.1 Å². The molecule has 0 atom stereocenters. The van der Waals surface area contributed by atoms with E-state index in [0.717, 1.165) is 43.9 Å². The fourth-order valence-corrected chi connectivity index (χ4v) is 3.45. The van der Waals surface area contributed by atoms with Gasteiger partial charge in [-0.15, -0.1) is 0 Å². The number of aromatic nitrogens is 2. The number of hydrogen-bond acceptors (Lipinski definition) is 4. The van der Waals surface area contributed by atoms with Crippen LogP contribution >= 0.6 is 11.6 Å². The van der Waals surface area contributed by atoms with Crippen LogP contribution in [0.25, 0.3) is 10.8 Å². The monoisotopic (exact) mass is 338 g/mol. The molecule has 0 aliphatic carbocycles. The number of benzene rings is 1. The standard InChI is InChI=1S/C19H19ClN4/c20-18-13-16-3-1-2-4-17(16)19(22-18)24-11-9-23(10-12-24)14-15-5-7-21-8-6-15/h1-8,13H,9-12,14H2. The molecular formula is C19H19ClN4. The quantitative estimate of drug-likeness (QED) is 0.683. The molecule has 0 radical (unpaired) electrons. The van der Waals surface area contributed by atoms with E-state index >= 15 is 0 Å². The number of fused-ring (bicyclic) bond motifs is 1. The van der Waals surface area contributed by atoms with Crippen LogP contribution in [-0.4, -0.2) is 41.0 Å². The SMILES string of the molecule is Clc1cc2ccccc2c(N2CCN(Cc3ccncc3)CC2)n1. The number of piperazine rings is 1. The van der Waals surface area contributed by atoms with Crippen LogP contribution in [0, 0.1) is 0 Å². The molecule has 0 N–H and O–H groups in total. The Hall–Kier alpha value is -2.17. The summed E-state index contributed by atoms with van der Waals surface area (Å²) in [5, 5.41) is 2.87. The number of rotatable bonds is 3. The minimum Gasteiger partial charge on any atom is -0.353 e. The van der Waals surface area contributed by atoms with E-state index in [9.17, 15) is 0 Å². The summed E-state index contributed by atoms with van der Waals surface area (Å²) >= 11 is 6.22. The summed E-state index contributed by atoms with van der Waals surface area (Å²) in [6.07, 6.45) is 3.71. The Morgan fingerprint density at radius 3 is 2.50 bits per heavy atom. The predicted molar refractivity (Wildman–Crippen MR) is 98.5 cm³/mol. The van der Waals surface area contributed by atoms with Crippen LogP contribution in [0.5, 0.6) is 0 Å².